The quantitative estimate of drug-likeness (QED) is 0.667. The van der Waals surface area contributed by atoms with E-state index in [2.05, 4.69) is 15.6 Å². The molecule has 0 atom stereocenters. The van der Waals surface area contributed by atoms with E-state index >= 15 is 0 Å². The standard InChI is InChI=1S/C23H24N4O4/c1-23(2,3)22-26-16-12-14(8-9-18(16)31-22)24-19(28)10-11-21(30)27-13-20(29)25-15-6-4-5-7-17(15)27/h4-9,12H,10-11,13H2,1-3H3,(H,24,28)(H,25,29). The molecular weight excluding hydrogens is 396 g/mol. The van der Waals surface area contributed by atoms with E-state index in [0.717, 1.165) is 0 Å². The monoisotopic (exact) mass is 420 g/mol. The van der Waals surface area contributed by atoms with E-state index in [1.54, 1.807) is 42.5 Å². The van der Waals surface area contributed by atoms with Crippen molar-refractivity contribution in [2.24, 2.45) is 0 Å². The van der Waals surface area contributed by atoms with Crippen LogP contribution in [0.15, 0.2) is 46.9 Å². The van der Waals surface area contributed by atoms with Gasteiger partial charge in [-0.05, 0) is 30.3 Å². The van der Waals surface area contributed by atoms with Gasteiger partial charge in [-0.2, -0.15) is 0 Å². The van der Waals surface area contributed by atoms with Gasteiger partial charge < -0.3 is 20.0 Å². The second-order valence-electron chi connectivity index (χ2n) is 8.54. The summed E-state index contributed by atoms with van der Waals surface area (Å²) in [7, 11) is 0. The summed E-state index contributed by atoms with van der Waals surface area (Å²) >= 11 is 0. The van der Waals surface area contributed by atoms with Crippen molar-refractivity contribution in [1.29, 1.82) is 0 Å². The number of fused-ring (bicyclic) bond motifs is 2. The van der Waals surface area contributed by atoms with Crippen LogP contribution in [0, 0.1) is 0 Å². The highest BCUT2D eigenvalue weighted by atomic mass is 16.3. The molecular formula is C23H24N4O4. The Hall–Kier alpha value is -3.68. The Bertz CT molecular complexity index is 1180. The van der Waals surface area contributed by atoms with Gasteiger partial charge >= 0.3 is 0 Å². The van der Waals surface area contributed by atoms with Crippen LogP contribution < -0.4 is 15.5 Å². The molecule has 0 fully saturated rings. The van der Waals surface area contributed by atoms with Crippen LogP contribution in [0.3, 0.4) is 0 Å². The minimum Gasteiger partial charge on any atom is -0.440 e. The highest BCUT2D eigenvalue weighted by molar-refractivity contribution is 6.10. The van der Waals surface area contributed by atoms with Crippen LogP contribution in [-0.4, -0.2) is 29.3 Å². The molecule has 3 aromatic rings. The van der Waals surface area contributed by atoms with Crippen LogP contribution in [0.4, 0.5) is 17.1 Å². The Kier molecular flexibility index (Phi) is 5.22. The fraction of sp³-hybridized carbons (Fsp3) is 0.304. The zero-order chi connectivity index (χ0) is 22.2. The first-order valence-corrected chi connectivity index (χ1v) is 10.1. The van der Waals surface area contributed by atoms with Crippen molar-refractivity contribution >= 4 is 45.9 Å². The van der Waals surface area contributed by atoms with E-state index in [-0.39, 0.29) is 42.5 Å². The van der Waals surface area contributed by atoms with Gasteiger partial charge in [0.2, 0.25) is 23.6 Å². The first-order valence-electron chi connectivity index (χ1n) is 10.1. The summed E-state index contributed by atoms with van der Waals surface area (Å²) in [6.07, 6.45) is -0.00294. The number of benzene rings is 2. The zero-order valence-electron chi connectivity index (χ0n) is 17.7. The van der Waals surface area contributed by atoms with Crippen molar-refractivity contribution in [3.8, 4) is 0 Å². The number of amides is 3. The average Bonchev–Trinajstić information content (AvgIpc) is 3.15. The number of anilines is 3. The molecule has 1 aliphatic rings. The lowest BCUT2D eigenvalue weighted by molar-refractivity contribution is -0.124. The number of hydrogen-bond donors (Lipinski definition) is 2. The van der Waals surface area contributed by atoms with Crippen molar-refractivity contribution in [1.82, 2.24) is 4.98 Å². The fourth-order valence-corrected chi connectivity index (χ4v) is 3.36. The predicted octanol–water partition coefficient (Wildman–Crippen LogP) is 3.83. The second-order valence-corrected chi connectivity index (χ2v) is 8.54. The maximum Gasteiger partial charge on any atom is 0.244 e. The molecule has 160 valence electrons. The molecule has 8 heteroatoms. The molecule has 0 saturated carbocycles. The van der Waals surface area contributed by atoms with Crippen molar-refractivity contribution in [3.63, 3.8) is 0 Å². The molecule has 0 bridgehead atoms. The lowest BCUT2D eigenvalue weighted by atomic mass is 9.97. The third kappa shape index (κ3) is 4.42. The minimum atomic E-state index is -0.290. The number of rotatable bonds is 4. The summed E-state index contributed by atoms with van der Waals surface area (Å²) in [5, 5.41) is 5.54. The number of nitrogens with zero attached hydrogens (tertiary/aromatic N) is 2. The molecule has 8 nitrogen and oxygen atoms in total. The summed E-state index contributed by atoms with van der Waals surface area (Å²) in [4.78, 5) is 42.9. The first-order chi connectivity index (χ1) is 14.7. The van der Waals surface area contributed by atoms with Crippen LogP contribution in [0.25, 0.3) is 11.1 Å². The highest BCUT2D eigenvalue weighted by Gasteiger charge is 2.26. The number of nitrogens with one attached hydrogen (secondary N) is 2. The Morgan fingerprint density at radius 3 is 2.71 bits per heavy atom. The number of para-hydroxylation sites is 2. The van der Waals surface area contributed by atoms with E-state index in [0.29, 0.717) is 34.1 Å². The molecule has 2 aromatic carbocycles. The van der Waals surface area contributed by atoms with Crippen LogP contribution in [0.5, 0.6) is 0 Å². The van der Waals surface area contributed by atoms with Crippen LogP contribution in [0.1, 0.15) is 39.5 Å². The number of carbonyl (C=O) groups excluding carboxylic acids is 3. The zero-order valence-corrected chi connectivity index (χ0v) is 17.7. The summed E-state index contributed by atoms with van der Waals surface area (Å²) in [5.74, 6) is -0.198. The maximum atomic E-state index is 12.7. The van der Waals surface area contributed by atoms with Crippen molar-refractivity contribution in [2.75, 3.05) is 22.1 Å². The third-order valence-electron chi connectivity index (χ3n) is 4.95. The van der Waals surface area contributed by atoms with Crippen molar-refractivity contribution < 1.29 is 18.8 Å². The molecule has 31 heavy (non-hydrogen) atoms. The van der Waals surface area contributed by atoms with Gasteiger partial charge in [-0.15, -0.1) is 0 Å². The number of hydrogen-bond acceptors (Lipinski definition) is 5. The highest BCUT2D eigenvalue weighted by Crippen LogP contribution is 2.30. The fourth-order valence-electron chi connectivity index (χ4n) is 3.36. The Labute approximate surface area is 179 Å². The Morgan fingerprint density at radius 2 is 1.94 bits per heavy atom. The van der Waals surface area contributed by atoms with Crippen molar-refractivity contribution in [2.45, 2.75) is 39.0 Å². The third-order valence-corrected chi connectivity index (χ3v) is 4.95. The molecule has 2 heterocycles. The molecule has 0 spiro atoms. The van der Waals surface area contributed by atoms with Gasteiger partial charge in [0, 0.05) is 23.9 Å². The topological polar surface area (TPSA) is 105 Å². The molecule has 0 aliphatic carbocycles. The lowest BCUT2D eigenvalue weighted by Crippen LogP contribution is -2.42. The van der Waals surface area contributed by atoms with E-state index in [1.807, 2.05) is 20.8 Å². The van der Waals surface area contributed by atoms with Crippen LogP contribution >= 0.6 is 0 Å². The first kappa shape index (κ1) is 20.6. The predicted molar refractivity (Wildman–Crippen MR) is 118 cm³/mol. The van der Waals surface area contributed by atoms with E-state index in [4.69, 9.17) is 4.42 Å². The largest absolute Gasteiger partial charge is 0.440 e. The number of carbonyl (C=O) groups is 3. The Morgan fingerprint density at radius 1 is 1.16 bits per heavy atom. The Balaban J connectivity index is 1.39. The minimum absolute atomic E-state index is 0.00319. The normalized spacial score (nSPS) is 13.6. The van der Waals surface area contributed by atoms with Gasteiger partial charge in [0.15, 0.2) is 5.58 Å². The molecule has 3 amide bonds. The van der Waals surface area contributed by atoms with Gasteiger partial charge in [-0.25, -0.2) is 4.98 Å². The molecule has 1 aliphatic heterocycles. The average molecular weight is 420 g/mol. The van der Waals surface area contributed by atoms with Crippen LogP contribution in [-0.2, 0) is 19.8 Å². The van der Waals surface area contributed by atoms with Gasteiger partial charge in [0.05, 0.1) is 11.4 Å². The van der Waals surface area contributed by atoms with Crippen LogP contribution in [0.2, 0.25) is 0 Å². The van der Waals surface area contributed by atoms with E-state index in [1.165, 1.54) is 4.90 Å². The summed E-state index contributed by atoms with van der Waals surface area (Å²) in [5.41, 5.74) is 2.91. The summed E-state index contributed by atoms with van der Waals surface area (Å²) < 4.78 is 5.77. The molecule has 0 unspecified atom stereocenters. The van der Waals surface area contributed by atoms with Crippen molar-refractivity contribution in [3.05, 3.63) is 48.4 Å². The number of aromatic nitrogens is 1. The molecule has 2 N–H and O–H groups in total. The number of oxazole rings is 1. The van der Waals surface area contributed by atoms with Gasteiger partial charge in [-0.1, -0.05) is 32.9 Å². The van der Waals surface area contributed by atoms with Gasteiger partial charge in [-0.3, -0.25) is 14.4 Å². The molecule has 1 aromatic heterocycles. The van der Waals surface area contributed by atoms with E-state index in [9.17, 15) is 14.4 Å². The molecule has 4 rings (SSSR count). The second kappa shape index (κ2) is 7.86. The molecule has 0 saturated heterocycles. The van der Waals surface area contributed by atoms with Gasteiger partial charge in [0.1, 0.15) is 12.1 Å². The smallest absolute Gasteiger partial charge is 0.244 e. The SMILES string of the molecule is CC(C)(C)c1nc2cc(NC(=O)CCC(=O)N3CC(=O)Nc4ccccc43)ccc2o1. The summed E-state index contributed by atoms with van der Waals surface area (Å²) in [6.45, 7) is 5.99. The molecule has 0 radical (unpaired) electrons. The maximum absolute atomic E-state index is 12.7. The lowest BCUT2D eigenvalue weighted by Gasteiger charge is -2.29. The van der Waals surface area contributed by atoms with Gasteiger partial charge in [0.25, 0.3) is 0 Å². The summed E-state index contributed by atoms with van der Waals surface area (Å²) in [6, 6.07) is 12.4. The van der Waals surface area contributed by atoms with E-state index < -0.39 is 0 Å².